The van der Waals surface area contributed by atoms with E-state index in [0.29, 0.717) is 11.6 Å². The van der Waals surface area contributed by atoms with Gasteiger partial charge in [-0.15, -0.1) is 0 Å². The summed E-state index contributed by atoms with van der Waals surface area (Å²) < 4.78 is 5.55. The summed E-state index contributed by atoms with van der Waals surface area (Å²) in [7, 11) is 0. The third-order valence-corrected chi connectivity index (χ3v) is 3.89. The van der Waals surface area contributed by atoms with Crippen LogP contribution in [0.3, 0.4) is 0 Å². The fourth-order valence-corrected chi connectivity index (χ4v) is 2.63. The van der Waals surface area contributed by atoms with Gasteiger partial charge in [0.25, 0.3) is 0 Å². The van der Waals surface area contributed by atoms with Gasteiger partial charge in [-0.1, -0.05) is 0 Å². The van der Waals surface area contributed by atoms with Gasteiger partial charge in [0.2, 0.25) is 0 Å². The Bertz CT molecular complexity index is 202. The Hall–Kier alpha value is -0.120. The van der Waals surface area contributed by atoms with Crippen LogP contribution in [0.25, 0.3) is 0 Å². The van der Waals surface area contributed by atoms with Crippen molar-refractivity contribution in [2.75, 3.05) is 32.8 Å². The standard InChI is InChI=1S/C12H24N2O/c1-11-4-8-14(7-3-6-13-11)12(2)5-9-15-10-12/h11,13H,3-10H2,1-2H3. The van der Waals surface area contributed by atoms with E-state index >= 15 is 0 Å². The van der Waals surface area contributed by atoms with E-state index in [1.54, 1.807) is 0 Å². The minimum atomic E-state index is 0.317. The lowest BCUT2D eigenvalue weighted by atomic mass is 9.97. The Morgan fingerprint density at radius 3 is 3.00 bits per heavy atom. The molecule has 0 aromatic carbocycles. The van der Waals surface area contributed by atoms with Crippen molar-refractivity contribution >= 4 is 0 Å². The molecule has 2 fully saturated rings. The zero-order valence-corrected chi connectivity index (χ0v) is 10.1. The van der Waals surface area contributed by atoms with Gasteiger partial charge >= 0.3 is 0 Å². The predicted molar refractivity (Wildman–Crippen MR) is 62.1 cm³/mol. The summed E-state index contributed by atoms with van der Waals surface area (Å²) in [6.45, 7) is 10.1. The van der Waals surface area contributed by atoms with Crippen molar-refractivity contribution in [3.05, 3.63) is 0 Å². The van der Waals surface area contributed by atoms with E-state index in [-0.39, 0.29) is 0 Å². The number of nitrogens with zero attached hydrogens (tertiary/aromatic N) is 1. The minimum absolute atomic E-state index is 0.317. The van der Waals surface area contributed by atoms with Crippen LogP contribution in [-0.2, 0) is 4.74 Å². The minimum Gasteiger partial charge on any atom is -0.379 e. The van der Waals surface area contributed by atoms with Crippen LogP contribution in [0.5, 0.6) is 0 Å². The number of hydrogen-bond acceptors (Lipinski definition) is 3. The summed E-state index contributed by atoms with van der Waals surface area (Å²) in [6.07, 6.45) is 3.73. The largest absolute Gasteiger partial charge is 0.379 e. The van der Waals surface area contributed by atoms with E-state index in [0.717, 1.165) is 19.8 Å². The van der Waals surface area contributed by atoms with Gasteiger partial charge in [-0.25, -0.2) is 0 Å². The van der Waals surface area contributed by atoms with Gasteiger partial charge in [-0.05, 0) is 46.2 Å². The molecule has 3 heteroatoms. The highest BCUT2D eigenvalue weighted by Gasteiger charge is 2.35. The molecule has 0 spiro atoms. The first-order chi connectivity index (χ1) is 7.21. The first kappa shape index (κ1) is 11.4. The lowest BCUT2D eigenvalue weighted by Gasteiger charge is -2.39. The fourth-order valence-electron chi connectivity index (χ4n) is 2.63. The summed E-state index contributed by atoms with van der Waals surface area (Å²) in [5, 5.41) is 3.55. The van der Waals surface area contributed by atoms with Gasteiger partial charge in [0.15, 0.2) is 0 Å². The summed E-state index contributed by atoms with van der Waals surface area (Å²) in [5.41, 5.74) is 0.317. The van der Waals surface area contributed by atoms with Gasteiger partial charge in [0.05, 0.1) is 6.61 Å². The molecule has 2 atom stereocenters. The zero-order valence-electron chi connectivity index (χ0n) is 10.1. The number of hydrogen-bond donors (Lipinski definition) is 1. The molecule has 0 aromatic rings. The quantitative estimate of drug-likeness (QED) is 0.708. The van der Waals surface area contributed by atoms with Crippen LogP contribution in [0.15, 0.2) is 0 Å². The molecule has 2 aliphatic heterocycles. The van der Waals surface area contributed by atoms with Crippen molar-refractivity contribution in [1.29, 1.82) is 0 Å². The van der Waals surface area contributed by atoms with Gasteiger partial charge in [-0.2, -0.15) is 0 Å². The third kappa shape index (κ3) is 2.71. The molecule has 0 aliphatic carbocycles. The highest BCUT2D eigenvalue weighted by molar-refractivity contribution is 4.90. The molecule has 15 heavy (non-hydrogen) atoms. The van der Waals surface area contributed by atoms with E-state index in [1.807, 2.05) is 0 Å². The Labute approximate surface area is 93.2 Å². The number of rotatable bonds is 1. The molecule has 88 valence electrons. The Morgan fingerprint density at radius 2 is 2.27 bits per heavy atom. The van der Waals surface area contributed by atoms with E-state index in [9.17, 15) is 0 Å². The van der Waals surface area contributed by atoms with Crippen LogP contribution in [0.4, 0.5) is 0 Å². The van der Waals surface area contributed by atoms with Crippen LogP contribution < -0.4 is 5.32 Å². The van der Waals surface area contributed by atoms with E-state index < -0.39 is 0 Å². The van der Waals surface area contributed by atoms with Crippen molar-refractivity contribution in [2.45, 2.75) is 44.7 Å². The first-order valence-electron chi connectivity index (χ1n) is 6.27. The van der Waals surface area contributed by atoms with Crippen LogP contribution in [-0.4, -0.2) is 49.3 Å². The maximum atomic E-state index is 5.55. The number of nitrogens with one attached hydrogen (secondary N) is 1. The Balaban J connectivity index is 1.94. The van der Waals surface area contributed by atoms with E-state index in [1.165, 1.54) is 32.4 Å². The molecule has 1 N–H and O–H groups in total. The Morgan fingerprint density at radius 1 is 1.40 bits per heavy atom. The van der Waals surface area contributed by atoms with Crippen LogP contribution >= 0.6 is 0 Å². The smallest absolute Gasteiger partial charge is 0.0648 e. The van der Waals surface area contributed by atoms with Crippen LogP contribution in [0, 0.1) is 0 Å². The van der Waals surface area contributed by atoms with Crippen molar-refractivity contribution < 1.29 is 4.74 Å². The molecular weight excluding hydrogens is 188 g/mol. The average Bonchev–Trinajstić information content (AvgIpc) is 2.60. The fraction of sp³-hybridized carbons (Fsp3) is 1.00. The third-order valence-electron chi connectivity index (χ3n) is 3.89. The molecule has 0 aromatic heterocycles. The second kappa shape index (κ2) is 4.81. The summed E-state index contributed by atoms with van der Waals surface area (Å²) >= 11 is 0. The van der Waals surface area contributed by atoms with Gasteiger partial charge in [-0.3, -0.25) is 4.90 Å². The van der Waals surface area contributed by atoms with Gasteiger partial charge < -0.3 is 10.1 Å². The van der Waals surface area contributed by atoms with Gasteiger partial charge in [0, 0.05) is 24.7 Å². The second-order valence-electron chi connectivity index (χ2n) is 5.28. The van der Waals surface area contributed by atoms with E-state index in [2.05, 4.69) is 24.1 Å². The molecule has 2 aliphatic rings. The monoisotopic (exact) mass is 212 g/mol. The zero-order chi connectivity index (χ0) is 10.7. The molecule has 2 unspecified atom stereocenters. The number of ether oxygens (including phenoxy) is 1. The van der Waals surface area contributed by atoms with Crippen molar-refractivity contribution in [3.8, 4) is 0 Å². The lowest BCUT2D eigenvalue weighted by Crippen LogP contribution is -2.50. The molecule has 2 rings (SSSR count). The van der Waals surface area contributed by atoms with Crippen molar-refractivity contribution in [1.82, 2.24) is 10.2 Å². The van der Waals surface area contributed by atoms with E-state index in [4.69, 9.17) is 4.74 Å². The van der Waals surface area contributed by atoms with Crippen molar-refractivity contribution in [3.63, 3.8) is 0 Å². The van der Waals surface area contributed by atoms with Crippen LogP contribution in [0.2, 0.25) is 0 Å². The first-order valence-corrected chi connectivity index (χ1v) is 6.27. The van der Waals surface area contributed by atoms with Crippen molar-refractivity contribution in [2.24, 2.45) is 0 Å². The van der Waals surface area contributed by atoms with Gasteiger partial charge in [0.1, 0.15) is 0 Å². The molecule has 2 saturated heterocycles. The molecule has 0 saturated carbocycles. The highest BCUT2D eigenvalue weighted by Crippen LogP contribution is 2.26. The molecular formula is C12H24N2O. The maximum Gasteiger partial charge on any atom is 0.0648 e. The molecule has 0 amide bonds. The topological polar surface area (TPSA) is 24.5 Å². The summed E-state index contributed by atoms with van der Waals surface area (Å²) in [6, 6.07) is 0.665. The summed E-state index contributed by atoms with van der Waals surface area (Å²) in [4.78, 5) is 2.65. The normalized spacial score (nSPS) is 40.0. The molecule has 0 bridgehead atoms. The lowest BCUT2D eigenvalue weighted by molar-refractivity contribution is 0.0703. The Kier molecular flexibility index (Phi) is 3.65. The maximum absolute atomic E-state index is 5.55. The average molecular weight is 212 g/mol. The highest BCUT2D eigenvalue weighted by atomic mass is 16.5. The molecule has 2 heterocycles. The predicted octanol–water partition coefficient (Wildman–Crippen LogP) is 1.24. The molecule has 3 nitrogen and oxygen atoms in total. The second-order valence-corrected chi connectivity index (χ2v) is 5.28. The molecule has 0 radical (unpaired) electrons. The van der Waals surface area contributed by atoms with Crippen LogP contribution in [0.1, 0.15) is 33.1 Å². The SMILES string of the molecule is CC1CCN(C2(C)CCOC2)CCCN1. The summed E-state index contributed by atoms with van der Waals surface area (Å²) in [5.74, 6) is 0.